The number of halogens is 1. The van der Waals surface area contributed by atoms with Gasteiger partial charge in [-0.1, -0.05) is 30.7 Å². The summed E-state index contributed by atoms with van der Waals surface area (Å²) in [6.45, 7) is 6.24. The van der Waals surface area contributed by atoms with Gasteiger partial charge in [-0.2, -0.15) is 0 Å². The van der Waals surface area contributed by atoms with E-state index in [2.05, 4.69) is 30.2 Å². The smallest absolute Gasteiger partial charge is 0.0975 e. The quantitative estimate of drug-likeness (QED) is 0.808. The number of thiazole rings is 1. The van der Waals surface area contributed by atoms with Gasteiger partial charge in [0, 0.05) is 22.9 Å². The number of hydrogen-bond donors (Lipinski definition) is 1. The lowest BCUT2D eigenvalue weighted by molar-refractivity contribution is 0.678. The Balaban J connectivity index is 2.03. The normalized spacial score (nSPS) is 10.9. The number of nitrogens with zero attached hydrogens (tertiary/aromatic N) is 1. The van der Waals surface area contributed by atoms with Gasteiger partial charge in [0.15, 0.2) is 0 Å². The molecule has 0 spiro atoms. The molecule has 2 aromatic rings. The van der Waals surface area contributed by atoms with Gasteiger partial charge >= 0.3 is 0 Å². The van der Waals surface area contributed by atoms with Gasteiger partial charge in [0.2, 0.25) is 0 Å². The molecule has 0 amide bonds. The Labute approximate surface area is 123 Å². The molecule has 0 unspecified atom stereocenters. The molecule has 0 bridgehead atoms. The number of aryl methyl sites for hydroxylation is 1. The van der Waals surface area contributed by atoms with Crippen molar-refractivity contribution >= 4 is 22.9 Å². The van der Waals surface area contributed by atoms with E-state index in [1.54, 1.807) is 11.3 Å². The minimum Gasteiger partial charge on any atom is -0.312 e. The molecule has 1 N–H and O–H groups in total. The van der Waals surface area contributed by atoms with Crippen molar-refractivity contribution in [1.29, 1.82) is 0 Å². The van der Waals surface area contributed by atoms with Gasteiger partial charge in [-0.15, -0.1) is 11.3 Å². The maximum absolute atomic E-state index is 6.01. The first-order valence-corrected chi connectivity index (χ1v) is 7.79. The summed E-state index contributed by atoms with van der Waals surface area (Å²) in [4.78, 5) is 5.99. The first-order chi connectivity index (χ1) is 9.19. The minimum atomic E-state index is 0.788. The number of benzene rings is 1. The third-order valence-corrected chi connectivity index (χ3v) is 4.29. The van der Waals surface area contributed by atoms with Crippen molar-refractivity contribution in [2.45, 2.75) is 33.2 Å². The van der Waals surface area contributed by atoms with Crippen LogP contribution in [-0.2, 0) is 13.0 Å². The molecule has 0 radical (unpaired) electrons. The second kappa shape index (κ2) is 7.04. The van der Waals surface area contributed by atoms with E-state index in [-0.39, 0.29) is 0 Å². The Bertz CT molecular complexity index is 537. The molecule has 0 aliphatic carbocycles. The van der Waals surface area contributed by atoms with E-state index >= 15 is 0 Å². The molecule has 2 rings (SSSR count). The van der Waals surface area contributed by atoms with Gasteiger partial charge in [0.05, 0.1) is 10.7 Å². The van der Waals surface area contributed by atoms with Gasteiger partial charge in [-0.25, -0.2) is 4.98 Å². The fourth-order valence-electron chi connectivity index (χ4n) is 1.93. The molecule has 1 heterocycles. The summed E-state index contributed by atoms with van der Waals surface area (Å²) in [6.07, 6.45) is 2.02. The van der Waals surface area contributed by atoms with E-state index < -0.39 is 0 Å². The summed E-state index contributed by atoms with van der Waals surface area (Å²) < 4.78 is 0. The second-order valence-electron chi connectivity index (χ2n) is 4.60. The van der Waals surface area contributed by atoms with Crippen LogP contribution in [0.4, 0.5) is 0 Å². The summed E-state index contributed by atoms with van der Waals surface area (Å²) in [5, 5.41) is 5.38. The SMILES string of the molecule is CCCNCc1sc(Cc2cccc(Cl)c2)nc1C. The van der Waals surface area contributed by atoms with E-state index in [1.807, 2.05) is 18.2 Å². The van der Waals surface area contributed by atoms with Crippen LogP contribution in [0.2, 0.25) is 5.02 Å². The molecule has 0 atom stereocenters. The highest BCUT2D eigenvalue weighted by atomic mass is 35.5. The zero-order chi connectivity index (χ0) is 13.7. The zero-order valence-corrected chi connectivity index (χ0v) is 12.9. The Morgan fingerprint density at radius 1 is 1.37 bits per heavy atom. The molecule has 1 aromatic carbocycles. The lowest BCUT2D eigenvalue weighted by Gasteiger charge is -2.00. The molecule has 2 nitrogen and oxygen atoms in total. The Morgan fingerprint density at radius 2 is 2.21 bits per heavy atom. The van der Waals surface area contributed by atoms with Crippen LogP contribution < -0.4 is 5.32 Å². The van der Waals surface area contributed by atoms with E-state index in [4.69, 9.17) is 11.6 Å². The third-order valence-electron chi connectivity index (χ3n) is 2.89. The van der Waals surface area contributed by atoms with Crippen LogP contribution in [-0.4, -0.2) is 11.5 Å². The minimum absolute atomic E-state index is 0.788. The van der Waals surface area contributed by atoms with Crippen molar-refractivity contribution < 1.29 is 0 Å². The molecule has 0 aliphatic heterocycles. The summed E-state index contributed by atoms with van der Waals surface area (Å²) in [5.41, 5.74) is 2.36. The molecule has 19 heavy (non-hydrogen) atoms. The fourth-order valence-corrected chi connectivity index (χ4v) is 3.21. The van der Waals surface area contributed by atoms with Crippen molar-refractivity contribution in [3.63, 3.8) is 0 Å². The highest BCUT2D eigenvalue weighted by Crippen LogP contribution is 2.22. The number of hydrogen-bond acceptors (Lipinski definition) is 3. The standard InChI is InChI=1S/C15H19ClN2S/c1-3-7-17-10-14-11(2)18-15(19-14)9-12-5-4-6-13(16)8-12/h4-6,8,17H,3,7,9-10H2,1-2H3. The van der Waals surface area contributed by atoms with Crippen molar-refractivity contribution in [1.82, 2.24) is 10.3 Å². The van der Waals surface area contributed by atoms with Crippen molar-refractivity contribution in [2.24, 2.45) is 0 Å². The number of rotatable bonds is 6. The molecular weight excluding hydrogens is 276 g/mol. The van der Waals surface area contributed by atoms with Crippen molar-refractivity contribution in [3.8, 4) is 0 Å². The Morgan fingerprint density at radius 3 is 2.95 bits per heavy atom. The lowest BCUT2D eigenvalue weighted by Crippen LogP contribution is -2.13. The van der Waals surface area contributed by atoms with Crippen LogP contribution in [0.25, 0.3) is 0 Å². The molecular formula is C15H19ClN2S. The number of nitrogens with one attached hydrogen (secondary N) is 1. The van der Waals surface area contributed by atoms with E-state index in [0.29, 0.717) is 0 Å². The summed E-state index contributed by atoms with van der Waals surface area (Å²) in [5.74, 6) is 0. The number of aromatic nitrogens is 1. The van der Waals surface area contributed by atoms with E-state index in [9.17, 15) is 0 Å². The van der Waals surface area contributed by atoms with Crippen molar-refractivity contribution in [2.75, 3.05) is 6.54 Å². The van der Waals surface area contributed by atoms with Crippen LogP contribution in [0.5, 0.6) is 0 Å². The van der Waals surface area contributed by atoms with Crippen LogP contribution in [0.15, 0.2) is 24.3 Å². The molecule has 0 aliphatic rings. The summed E-state index contributed by atoms with van der Waals surface area (Å²) in [7, 11) is 0. The van der Waals surface area contributed by atoms with E-state index in [0.717, 1.165) is 41.7 Å². The average Bonchev–Trinajstić information content (AvgIpc) is 2.70. The van der Waals surface area contributed by atoms with Gasteiger partial charge < -0.3 is 5.32 Å². The fraction of sp³-hybridized carbons (Fsp3) is 0.400. The molecule has 4 heteroatoms. The predicted molar refractivity (Wildman–Crippen MR) is 83.1 cm³/mol. The molecule has 0 saturated heterocycles. The zero-order valence-electron chi connectivity index (χ0n) is 11.4. The van der Waals surface area contributed by atoms with Gasteiger partial charge in [0.25, 0.3) is 0 Å². The highest BCUT2D eigenvalue weighted by Gasteiger charge is 2.08. The topological polar surface area (TPSA) is 24.9 Å². The Kier molecular flexibility index (Phi) is 5.37. The maximum atomic E-state index is 6.01. The largest absolute Gasteiger partial charge is 0.312 e. The molecule has 1 aromatic heterocycles. The average molecular weight is 295 g/mol. The van der Waals surface area contributed by atoms with Crippen LogP contribution in [0.3, 0.4) is 0 Å². The van der Waals surface area contributed by atoms with Gasteiger partial charge in [0.1, 0.15) is 0 Å². The van der Waals surface area contributed by atoms with Crippen molar-refractivity contribution in [3.05, 3.63) is 50.4 Å². The predicted octanol–water partition coefficient (Wildman–Crippen LogP) is 4.20. The third kappa shape index (κ3) is 4.30. The molecule has 102 valence electrons. The van der Waals surface area contributed by atoms with E-state index in [1.165, 1.54) is 10.4 Å². The lowest BCUT2D eigenvalue weighted by atomic mass is 10.2. The first-order valence-electron chi connectivity index (χ1n) is 6.59. The van der Waals surface area contributed by atoms with Gasteiger partial charge in [-0.3, -0.25) is 0 Å². The maximum Gasteiger partial charge on any atom is 0.0975 e. The van der Waals surface area contributed by atoms with Crippen LogP contribution in [0.1, 0.15) is 34.5 Å². The first kappa shape index (κ1) is 14.5. The van der Waals surface area contributed by atoms with Gasteiger partial charge in [-0.05, 0) is 37.6 Å². The molecule has 0 fully saturated rings. The summed E-state index contributed by atoms with van der Waals surface area (Å²) >= 11 is 7.80. The monoisotopic (exact) mass is 294 g/mol. The summed E-state index contributed by atoms with van der Waals surface area (Å²) in [6, 6.07) is 7.99. The molecule has 0 saturated carbocycles. The Hall–Kier alpha value is -0.900. The highest BCUT2D eigenvalue weighted by molar-refractivity contribution is 7.11. The van der Waals surface area contributed by atoms with Crippen LogP contribution >= 0.6 is 22.9 Å². The second-order valence-corrected chi connectivity index (χ2v) is 6.20. The van der Waals surface area contributed by atoms with Crippen LogP contribution in [0, 0.1) is 6.92 Å².